The lowest BCUT2D eigenvalue weighted by molar-refractivity contribution is -0.174. The summed E-state index contributed by atoms with van der Waals surface area (Å²) in [5.41, 5.74) is -0.166. The van der Waals surface area contributed by atoms with Crippen molar-refractivity contribution in [2.24, 2.45) is 5.14 Å². The number of benzene rings is 1. The van der Waals surface area contributed by atoms with Crippen LogP contribution in [0.25, 0.3) is 0 Å². The third-order valence-corrected chi connectivity index (χ3v) is 3.76. The third kappa shape index (κ3) is 6.73. The van der Waals surface area contributed by atoms with Crippen LogP contribution in [0.3, 0.4) is 0 Å². The van der Waals surface area contributed by atoms with E-state index in [1.165, 1.54) is 13.0 Å². The number of sulfonamides is 1. The molecule has 0 saturated heterocycles. The average Bonchev–Trinajstić information content (AvgIpc) is 2.35. The van der Waals surface area contributed by atoms with Gasteiger partial charge in [0.2, 0.25) is 10.0 Å². The zero-order valence-corrected chi connectivity index (χ0v) is 13.4. The summed E-state index contributed by atoms with van der Waals surface area (Å²) in [5, 5.41) is 7.28. The van der Waals surface area contributed by atoms with Crippen LogP contribution in [0.15, 0.2) is 23.1 Å². The van der Waals surface area contributed by atoms with E-state index in [1.54, 1.807) is 0 Å². The Morgan fingerprint density at radius 2 is 2.04 bits per heavy atom. The molecule has 130 valence electrons. The second-order valence-corrected chi connectivity index (χ2v) is 6.66. The minimum atomic E-state index is -4.46. The van der Waals surface area contributed by atoms with E-state index in [2.05, 4.69) is 10.1 Å². The Hall–Kier alpha value is -1.36. The zero-order valence-electron chi connectivity index (χ0n) is 11.9. The van der Waals surface area contributed by atoms with Gasteiger partial charge in [0.05, 0.1) is 22.1 Å². The number of nitrogens with one attached hydrogen (secondary N) is 1. The molecule has 0 aromatic heterocycles. The van der Waals surface area contributed by atoms with Gasteiger partial charge in [-0.3, -0.25) is 4.79 Å². The highest BCUT2D eigenvalue weighted by Gasteiger charge is 2.27. The van der Waals surface area contributed by atoms with Crippen molar-refractivity contribution < 1.29 is 31.1 Å². The Balaban J connectivity index is 2.74. The Labute approximate surface area is 135 Å². The first-order valence-electron chi connectivity index (χ1n) is 6.18. The van der Waals surface area contributed by atoms with Crippen molar-refractivity contribution in [2.45, 2.75) is 24.0 Å². The van der Waals surface area contributed by atoms with Gasteiger partial charge >= 0.3 is 6.18 Å². The van der Waals surface area contributed by atoms with E-state index in [0.29, 0.717) is 0 Å². The summed E-state index contributed by atoms with van der Waals surface area (Å²) in [7, 11) is -4.02. The molecule has 1 amide bonds. The molecule has 1 atom stereocenters. The molecule has 0 bridgehead atoms. The predicted molar refractivity (Wildman–Crippen MR) is 76.6 cm³/mol. The number of halogens is 4. The van der Waals surface area contributed by atoms with E-state index >= 15 is 0 Å². The number of hydrogen-bond donors (Lipinski definition) is 2. The normalized spacial score (nSPS) is 13.7. The monoisotopic (exact) mass is 374 g/mol. The van der Waals surface area contributed by atoms with Crippen LogP contribution in [0, 0.1) is 0 Å². The third-order valence-electron chi connectivity index (χ3n) is 2.52. The van der Waals surface area contributed by atoms with Gasteiger partial charge in [-0.25, -0.2) is 13.6 Å². The molecular weight excluding hydrogens is 361 g/mol. The van der Waals surface area contributed by atoms with Crippen molar-refractivity contribution in [3.63, 3.8) is 0 Å². The Kier molecular flexibility index (Phi) is 6.40. The highest BCUT2D eigenvalue weighted by Crippen LogP contribution is 2.20. The molecule has 0 spiro atoms. The maximum atomic E-state index is 12.0. The quantitative estimate of drug-likeness (QED) is 0.791. The fourth-order valence-corrected chi connectivity index (χ4v) is 2.29. The van der Waals surface area contributed by atoms with E-state index in [-0.39, 0.29) is 22.1 Å². The maximum Gasteiger partial charge on any atom is 0.411 e. The van der Waals surface area contributed by atoms with Gasteiger partial charge < -0.3 is 10.1 Å². The Bertz CT molecular complexity index is 679. The molecule has 0 heterocycles. The van der Waals surface area contributed by atoms with Crippen molar-refractivity contribution in [1.82, 2.24) is 5.32 Å². The number of ether oxygens (including phenoxy) is 1. The Morgan fingerprint density at radius 1 is 1.43 bits per heavy atom. The van der Waals surface area contributed by atoms with Crippen molar-refractivity contribution in [2.75, 3.05) is 13.2 Å². The van der Waals surface area contributed by atoms with Crippen LogP contribution in [0.1, 0.15) is 17.3 Å². The standard InChI is InChI=1S/C12H14ClF3N2O4S/c1-7(5-22-6-12(14,15)16)18-11(19)9-4-8(23(17,20)21)2-3-10(9)13/h2-4,7H,5-6H2,1H3,(H,18,19)(H2,17,20,21)/t7-/m1/s1. The fourth-order valence-electron chi connectivity index (χ4n) is 1.55. The lowest BCUT2D eigenvalue weighted by Gasteiger charge is -2.16. The molecule has 0 saturated carbocycles. The van der Waals surface area contributed by atoms with Gasteiger partial charge in [-0.05, 0) is 25.1 Å². The maximum absolute atomic E-state index is 12.0. The van der Waals surface area contributed by atoms with Gasteiger partial charge in [-0.2, -0.15) is 13.2 Å². The molecular formula is C12H14ClF3N2O4S. The van der Waals surface area contributed by atoms with Crippen molar-refractivity contribution in [3.8, 4) is 0 Å². The van der Waals surface area contributed by atoms with Gasteiger partial charge in [-0.15, -0.1) is 0 Å². The van der Waals surface area contributed by atoms with Crippen LogP contribution in [-0.4, -0.2) is 39.8 Å². The lowest BCUT2D eigenvalue weighted by Crippen LogP contribution is -2.37. The first-order valence-corrected chi connectivity index (χ1v) is 8.10. The van der Waals surface area contributed by atoms with E-state index < -0.39 is 34.8 Å². The van der Waals surface area contributed by atoms with Crippen molar-refractivity contribution in [3.05, 3.63) is 28.8 Å². The molecule has 1 aromatic rings. The summed E-state index contributed by atoms with van der Waals surface area (Å²) >= 11 is 5.81. The molecule has 0 aliphatic heterocycles. The van der Waals surface area contributed by atoms with Gasteiger partial charge in [0.25, 0.3) is 5.91 Å². The number of nitrogens with two attached hydrogens (primary N) is 1. The summed E-state index contributed by atoms with van der Waals surface area (Å²) in [4.78, 5) is 11.7. The van der Waals surface area contributed by atoms with Crippen LogP contribution < -0.4 is 10.5 Å². The van der Waals surface area contributed by atoms with Crippen LogP contribution in [0.4, 0.5) is 13.2 Å². The average molecular weight is 375 g/mol. The summed E-state index contributed by atoms with van der Waals surface area (Å²) in [6, 6.07) is 2.54. The molecule has 0 aliphatic carbocycles. The first kappa shape index (κ1) is 19.7. The number of alkyl halides is 3. The molecule has 0 aliphatic rings. The highest BCUT2D eigenvalue weighted by molar-refractivity contribution is 7.89. The van der Waals surface area contributed by atoms with Crippen LogP contribution >= 0.6 is 11.6 Å². The highest BCUT2D eigenvalue weighted by atomic mass is 35.5. The molecule has 3 N–H and O–H groups in total. The molecule has 23 heavy (non-hydrogen) atoms. The number of hydrogen-bond acceptors (Lipinski definition) is 4. The largest absolute Gasteiger partial charge is 0.411 e. The first-order chi connectivity index (χ1) is 10.4. The summed E-state index contributed by atoms with van der Waals surface area (Å²) in [6.45, 7) is -0.391. The lowest BCUT2D eigenvalue weighted by atomic mass is 10.2. The van der Waals surface area contributed by atoms with Gasteiger partial charge in [0.15, 0.2) is 0 Å². The number of rotatable bonds is 6. The van der Waals surface area contributed by atoms with Crippen molar-refractivity contribution in [1.29, 1.82) is 0 Å². The van der Waals surface area contributed by atoms with Gasteiger partial charge in [0, 0.05) is 6.04 Å². The molecule has 1 rings (SSSR count). The number of carbonyl (C=O) groups is 1. The number of primary sulfonamides is 1. The van der Waals surface area contributed by atoms with Crippen LogP contribution in [0.5, 0.6) is 0 Å². The second-order valence-electron chi connectivity index (χ2n) is 4.69. The Morgan fingerprint density at radius 3 is 2.57 bits per heavy atom. The predicted octanol–water partition coefficient (Wildman–Crippen LogP) is 1.68. The molecule has 0 unspecified atom stereocenters. The summed E-state index contributed by atoms with van der Waals surface area (Å²) in [6.07, 6.45) is -4.46. The van der Waals surface area contributed by atoms with E-state index in [4.69, 9.17) is 16.7 Å². The minimum Gasteiger partial charge on any atom is -0.370 e. The SMILES string of the molecule is C[C@H](COCC(F)(F)F)NC(=O)c1cc(S(N)(=O)=O)ccc1Cl. The molecule has 11 heteroatoms. The van der Waals surface area contributed by atoms with Crippen molar-refractivity contribution >= 4 is 27.5 Å². The summed E-state index contributed by atoms with van der Waals surface area (Å²) in [5.74, 6) is -0.761. The number of carbonyl (C=O) groups excluding carboxylic acids is 1. The van der Waals surface area contributed by atoms with E-state index in [9.17, 15) is 26.4 Å². The summed E-state index contributed by atoms with van der Waals surface area (Å²) < 4.78 is 62.8. The van der Waals surface area contributed by atoms with Gasteiger partial charge in [0.1, 0.15) is 6.61 Å². The van der Waals surface area contributed by atoms with Crippen LogP contribution in [-0.2, 0) is 14.8 Å². The molecule has 1 aromatic carbocycles. The smallest absolute Gasteiger partial charge is 0.370 e. The molecule has 0 fully saturated rings. The van der Waals surface area contributed by atoms with Gasteiger partial charge in [-0.1, -0.05) is 11.6 Å². The molecule has 6 nitrogen and oxygen atoms in total. The number of amides is 1. The molecule has 0 radical (unpaired) electrons. The topological polar surface area (TPSA) is 98.5 Å². The van der Waals surface area contributed by atoms with E-state index in [0.717, 1.165) is 12.1 Å². The second kappa shape index (κ2) is 7.47. The zero-order chi connectivity index (χ0) is 17.8. The van der Waals surface area contributed by atoms with E-state index in [1.807, 2.05) is 0 Å². The fraction of sp³-hybridized carbons (Fsp3) is 0.417. The van der Waals surface area contributed by atoms with Crippen LogP contribution in [0.2, 0.25) is 5.02 Å². The minimum absolute atomic E-state index is 0.0293.